The Balaban J connectivity index is 1.59. The predicted molar refractivity (Wildman–Crippen MR) is 164 cm³/mol. The van der Waals surface area contributed by atoms with Gasteiger partial charge in [-0.3, -0.25) is 0 Å². The summed E-state index contributed by atoms with van der Waals surface area (Å²) < 4.78 is 0. The van der Waals surface area contributed by atoms with Crippen molar-refractivity contribution in [2.45, 2.75) is 207 Å². The molecule has 0 aromatic heterocycles. The molecule has 0 radical (unpaired) electrons. The van der Waals surface area contributed by atoms with Gasteiger partial charge in [-0.15, -0.1) is 0 Å². The third-order valence-electron chi connectivity index (χ3n) is 13.7. The van der Waals surface area contributed by atoms with Crippen LogP contribution in [0.25, 0.3) is 0 Å². The van der Waals surface area contributed by atoms with Crippen LogP contribution in [0.5, 0.6) is 0 Å². The van der Waals surface area contributed by atoms with E-state index in [1.165, 1.54) is 34.0 Å². The van der Waals surface area contributed by atoms with Gasteiger partial charge in [-0.25, -0.2) is 0 Å². The van der Waals surface area contributed by atoms with Gasteiger partial charge in [0.2, 0.25) is 0 Å². The Kier molecular flexibility index (Phi) is 8.90. The van der Waals surface area contributed by atoms with Crippen molar-refractivity contribution in [2.24, 2.45) is 0 Å². The van der Waals surface area contributed by atoms with Crippen molar-refractivity contribution >= 4 is 13.9 Å². The van der Waals surface area contributed by atoms with E-state index >= 15 is 0 Å². The topological polar surface area (TPSA) is 0 Å². The Hall–Kier alpha value is 0.860. The van der Waals surface area contributed by atoms with Gasteiger partial charge in [0.25, 0.3) is 0 Å². The molecule has 0 aromatic rings. The molecule has 6 rings (SSSR count). The standard InChI is InChI=1S/C33H62P2/c1-4-16-28(17-5-1)34(29-18-6-2-7-19-29,30-20-8-3-9-21-30)35(31-22-10-11-23-31,32-24-12-13-25-32)33-26-14-15-27-33/h28-35H,1-27H2. The Morgan fingerprint density at radius 1 is 0.200 bits per heavy atom. The molecule has 204 valence electrons. The zero-order chi connectivity index (χ0) is 23.6. The summed E-state index contributed by atoms with van der Waals surface area (Å²) in [6, 6.07) is 0. The van der Waals surface area contributed by atoms with Crippen LogP contribution in [0, 0.1) is 0 Å². The molecule has 35 heavy (non-hydrogen) atoms. The molecule has 0 amide bonds. The molecule has 0 saturated heterocycles. The maximum atomic E-state index is 1.72. The molecule has 0 aromatic carbocycles. The molecule has 6 aliphatic carbocycles. The molecule has 0 heterocycles. The fourth-order valence-corrected chi connectivity index (χ4v) is 47.4. The number of hydrogen-bond donors (Lipinski definition) is 0. The van der Waals surface area contributed by atoms with Crippen molar-refractivity contribution in [3.8, 4) is 0 Å². The molecule has 0 atom stereocenters. The van der Waals surface area contributed by atoms with Crippen LogP contribution < -0.4 is 0 Å². The first-order valence-electron chi connectivity index (χ1n) is 17.4. The van der Waals surface area contributed by atoms with E-state index in [0.717, 1.165) is 0 Å². The second kappa shape index (κ2) is 11.9. The summed E-state index contributed by atoms with van der Waals surface area (Å²) in [6.07, 6.45) is 45.0. The van der Waals surface area contributed by atoms with Crippen molar-refractivity contribution in [1.82, 2.24) is 0 Å². The van der Waals surface area contributed by atoms with Crippen molar-refractivity contribution < 1.29 is 0 Å². The molecule has 0 bridgehead atoms. The van der Waals surface area contributed by atoms with Gasteiger partial charge in [0.05, 0.1) is 0 Å². The van der Waals surface area contributed by atoms with Crippen molar-refractivity contribution in [1.29, 1.82) is 0 Å². The first kappa shape index (κ1) is 26.1. The summed E-state index contributed by atoms with van der Waals surface area (Å²) in [5.41, 5.74) is 7.76. The molecule has 6 saturated carbocycles. The van der Waals surface area contributed by atoms with E-state index in [9.17, 15) is 0 Å². The van der Waals surface area contributed by atoms with Crippen LogP contribution in [0.3, 0.4) is 0 Å². The van der Waals surface area contributed by atoms with E-state index in [2.05, 4.69) is 0 Å². The van der Waals surface area contributed by atoms with Crippen LogP contribution in [0.15, 0.2) is 0 Å². The predicted octanol–water partition coefficient (Wildman–Crippen LogP) is 11.2. The fraction of sp³-hybridized carbons (Fsp3) is 1.00. The zero-order valence-electron chi connectivity index (χ0n) is 23.6. The average Bonchev–Trinajstić information content (AvgIpc) is 3.73. The molecule has 0 N–H and O–H groups in total. The third-order valence-corrected chi connectivity index (χ3v) is 38.6. The van der Waals surface area contributed by atoms with Crippen LogP contribution in [0.4, 0.5) is 0 Å². The van der Waals surface area contributed by atoms with E-state index in [1.807, 2.05) is 0 Å². The Labute approximate surface area is 220 Å². The normalized spacial score (nSPS) is 31.4. The van der Waals surface area contributed by atoms with Crippen LogP contribution in [-0.2, 0) is 0 Å². The second-order valence-electron chi connectivity index (χ2n) is 14.8. The quantitative estimate of drug-likeness (QED) is 0.293. The van der Waals surface area contributed by atoms with E-state index in [1.54, 1.807) is 173 Å². The molecular weight excluding hydrogens is 458 g/mol. The average molecular weight is 521 g/mol. The minimum atomic E-state index is -1.43. The number of rotatable bonds is 7. The molecular formula is C33H62P2. The summed E-state index contributed by atoms with van der Waals surface area (Å²) in [5, 5.41) is 0. The molecule has 6 aliphatic rings. The van der Waals surface area contributed by atoms with Gasteiger partial charge in [0, 0.05) is 0 Å². The van der Waals surface area contributed by atoms with Gasteiger partial charge >= 0.3 is 221 Å². The maximum absolute atomic E-state index is 1.72. The van der Waals surface area contributed by atoms with Crippen molar-refractivity contribution in [2.75, 3.05) is 0 Å². The van der Waals surface area contributed by atoms with Gasteiger partial charge in [-0.05, 0) is 0 Å². The fourth-order valence-electron chi connectivity index (χ4n) is 13.1. The van der Waals surface area contributed by atoms with Gasteiger partial charge in [-0.1, -0.05) is 0 Å². The minimum absolute atomic E-state index is 1.29. The molecule has 0 nitrogen and oxygen atoms in total. The molecule has 6 fully saturated rings. The monoisotopic (exact) mass is 520 g/mol. The van der Waals surface area contributed by atoms with Crippen LogP contribution in [0.2, 0.25) is 0 Å². The van der Waals surface area contributed by atoms with Crippen LogP contribution in [0.1, 0.15) is 173 Å². The molecule has 0 aliphatic heterocycles. The zero-order valence-corrected chi connectivity index (χ0v) is 25.6. The summed E-state index contributed by atoms with van der Waals surface area (Å²) in [4.78, 5) is 0. The molecule has 0 spiro atoms. The van der Waals surface area contributed by atoms with Crippen molar-refractivity contribution in [3.63, 3.8) is 0 Å². The third kappa shape index (κ3) is 4.56. The van der Waals surface area contributed by atoms with Crippen LogP contribution in [-0.4, -0.2) is 34.0 Å². The van der Waals surface area contributed by atoms with E-state index in [4.69, 9.17) is 0 Å². The van der Waals surface area contributed by atoms with E-state index < -0.39 is 13.9 Å². The first-order chi connectivity index (χ1) is 17.4. The van der Waals surface area contributed by atoms with Gasteiger partial charge in [0.15, 0.2) is 0 Å². The summed E-state index contributed by atoms with van der Waals surface area (Å²) in [6.45, 7) is -2.83. The molecule has 0 unspecified atom stereocenters. The Morgan fingerprint density at radius 3 is 0.514 bits per heavy atom. The Bertz CT molecular complexity index is 550. The Morgan fingerprint density at radius 2 is 0.343 bits per heavy atom. The van der Waals surface area contributed by atoms with Crippen molar-refractivity contribution in [3.05, 3.63) is 0 Å². The summed E-state index contributed by atoms with van der Waals surface area (Å²) in [7, 11) is 0. The first-order valence-corrected chi connectivity index (χ1v) is 22.8. The van der Waals surface area contributed by atoms with Gasteiger partial charge < -0.3 is 0 Å². The summed E-state index contributed by atoms with van der Waals surface area (Å²) >= 11 is 0. The molecule has 2 heteroatoms. The summed E-state index contributed by atoms with van der Waals surface area (Å²) in [5.74, 6) is 0. The van der Waals surface area contributed by atoms with Crippen LogP contribution >= 0.6 is 13.9 Å². The SMILES string of the molecule is C1CCC([PH](C2CCCCC2)(C2CCCCC2)[PH](C2CCCC2)(C2CCCC2)C2CCCC2)CC1. The van der Waals surface area contributed by atoms with Gasteiger partial charge in [-0.2, -0.15) is 0 Å². The number of hydrogen-bond acceptors (Lipinski definition) is 0. The second-order valence-corrected chi connectivity index (χ2v) is 28.6. The van der Waals surface area contributed by atoms with E-state index in [-0.39, 0.29) is 0 Å². The van der Waals surface area contributed by atoms with Gasteiger partial charge in [0.1, 0.15) is 0 Å². The van der Waals surface area contributed by atoms with E-state index in [0.29, 0.717) is 0 Å².